The van der Waals surface area contributed by atoms with Crippen molar-refractivity contribution in [1.29, 1.82) is 0 Å². The molecule has 14 heavy (non-hydrogen) atoms. The van der Waals surface area contributed by atoms with Crippen molar-refractivity contribution in [1.82, 2.24) is 0 Å². The normalized spacial score (nSPS) is 51.4. The average Bonchev–Trinajstić information content (AvgIpc) is 2.51. The summed E-state index contributed by atoms with van der Waals surface area (Å²) >= 11 is -0.842. The lowest BCUT2D eigenvalue weighted by molar-refractivity contribution is -0.0986. The molecule has 80 valence electrons. The van der Waals surface area contributed by atoms with E-state index in [9.17, 15) is 4.55 Å². The fourth-order valence-electron chi connectivity index (χ4n) is 2.61. The van der Waals surface area contributed by atoms with E-state index in [1.165, 1.54) is 0 Å². The second kappa shape index (κ2) is 3.68. The lowest BCUT2D eigenvalue weighted by Crippen LogP contribution is -2.46. The van der Waals surface area contributed by atoms with Crippen molar-refractivity contribution in [2.75, 3.05) is 26.6 Å². The summed E-state index contributed by atoms with van der Waals surface area (Å²) in [7, 11) is 5.22. The van der Waals surface area contributed by atoms with Crippen LogP contribution in [0.15, 0.2) is 0 Å². The van der Waals surface area contributed by atoms with Crippen molar-refractivity contribution in [2.24, 2.45) is 0 Å². The minimum absolute atomic E-state index is 0.00434. The first kappa shape index (κ1) is 10.8. The van der Waals surface area contributed by atoms with Crippen LogP contribution < -0.4 is 0 Å². The van der Waals surface area contributed by atoms with Gasteiger partial charge in [-0.3, -0.25) is 0 Å². The van der Waals surface area contributed by atoms with Gasteiger partial charge in [-0.05, 0) is 11.2 Å². The molecule has 0 aromatic heterocycles. The summed E-state index contributed by atoms with van der Waals surface area (Å²) in [4.78, 5) is 0. The zero-order valence-electron chi connectivity index (χ0n) is 8.69. The van der Waals surface area contributed by atoms with Crippen molar-refractivity contribution < 1.29 is 18.8 Å². The Morgan fingerprint density at radius 1 is 1.64 bits per heavy atom. The van der Waals surface area contributed by atoms with Crippen molar-refractivity contribution in [3.8, 4) is 0 Å². The van der Waals surface area contributed by atoms with Crippen LogP contribution in [0.2, 0.25) is 0 Å². The largest absolute Gasteiger partial charge is 0.616 e. The van der Waals surface area contributed by atoms with Crippen molar-refractivity contribution in [3.63, 3.8) is 0 Å². The van der Waals surface area contributed by atoms with Gasteiger partial charge in [0.2, 0.25) is 0 Å². The quantitative estimate of drug-likeness (QED) is 0.427. The van der Waals surface area contributed by atoms with Crippen LogP contribution >= 0.6 is 0 Å². The van der Waals surface area contributed by atoms with E-state index >= 15 is 0 Å². The Labute approximate surface area is 87.9 Å². The number of hydrogen-bond acceptors (Lipinski definition) is 4. The predicted octanol–water partition coefficient (Wildman–Crippen LogP) is -1.49. The van der Waals surface area contributed by atoms with E-state index in [-0.39, 0.29) is 17.4 Å². The molecule has 0 aromatic rings. The molecule has 2 aliphatic heterocycles. The molecular weight excluding hydrogens is 203 g/mol. The maximum atomic E-state index is 11.8. The Morgan fingerprint density at radius 3 is 2.86 bits per heavy atom. The molecule has 6 heteroatoms. The number of fused-ring (bicyclic) bond motifs is 2. The van der Waals surface area contributed by atoms with Gasteiger partial charge >= 0.3 is 0 Å². The monoisotopic (exact) mass is 218 g/mol. The summed E-state index contributed by atoms with van der Waals surface area (Å²) in [6, 6.07) is 0.00434. The minimum atomic E-state index is -0.842. The van der Waals surface area contributed by atoms with E-state index in [4.69, 9.17) is 14.2 Å². The van der Waals surface area contributed by atoms with Gasteiger partial charge in [0.05, 0.1) is 12.6 Å². The molecule has 2 rings (SSSR count). The minimum Gasteiger partial charge on any atom is -0.616 e. The third-order valence-corrected chi connectivity index (χ3v) is 5.04. The van der Waals surface area contributed by atoms with Crippen molar-refractivity contribution >= 4 is 19.0 Å². The van der Waals surface area contributed by atoms with Crippen LogP contribution in [0.25, 0.3) is 0 Å². The second-order valence-corrected chi connectivity index (χ2v) is 5.56. The Balaban J connectivity index is 2.23. The van der Waals surface area contributed by atoms with E-state index in [0.717, 1.165) is 0 Å². The van der Waals surface area contributed by atoms with Crippen molar-refractivity contribution in [2.45, 2.75) is 23.0 Å². The predicted molar refractivity (Wildman–Crippen MR) is 55.6 cm³/mol. The van der Waals surface area contributed by atoms with Gasteiger partial charge in [-0.15, -0.1) is 0 Å². The van der Waals surface area contributed by atoms with Crippen LogP contribution in [0, 0.1) is 0 Å². The highest BCUT2D eigenvalue weighted by Crippen LogP contribution is 2.44. The topological polar surface area (TPSA) is 50.8 Å². The Kier molecular flexibility index (Phi) is 2.83. The van der Waals surface area contributed by atoms with Gasteiger partial charge in [0, 0.05) is 14.2 Å². The highest BCUT2D eigenvalue weighted by molar-refractivity contribution is 7.92. The van der Waals surface area contributed by atoms with Crippen molar-refractivity contribution in [3.05, 3.63) is 0 Å². The maximum absolute atomic E-state index is 11.8. The fourth-order valence-corrected chi connectivity index (χ4v) is 4.71. The molecule has 0 spiro atoms. The van der Waals surface area contributed by atoms with E-state index in [2.05, 4.69) is 0 Å². The standard InChI is InChI=1S/C8H15BO4S/c1-11-3-8-4-14(10)5(6(8)12-2)7(9)13-8/h5-7H,3-4,9H2,1-2H3/t5-,6+,7-,8+,14?/m1/s1. The van der Waals surface area contributed by atoms with Gasteiger partial charge in [-0.25, -0.2) is 0 Å². The molecule has 0 radical (unpaired) electrons. The molecule has 0 amide bonds. The number of hydrogen-bond donors (Lipinski definition) is 0. The van der Waals surface area contributed by atoms with Crippen LogP contribution in [0.5, 0.6) is 0 Å². The molecule has 0 N–H and O–H groups in total. The van der Waals surface area contributed by atoms with Crippen LogP contribution in [0.3, 0.4) is 0 Å². The van der Waals surface area contributed by atoms with Gasteiger partial charge in [0.1, 0.15) is 19.7 Å². The van der Waals surface area contributed by atoms with Crippen LogP contribution in [-0.4, -0.2) is 61.9 Å². The van der Waals surface area contributed by atoms with Gasteiger partial charge in [-0.1, -0.05) is 0 Å². The van der Waals surface area contributed by atoms with E-state index in [1.807, 2.05) is 7.85 Å². The first-order valence-corrected chi connectivity index (χ1v) is 6.09. The van der Waals surface area contributed by atoms with Gasteiger partial charge < -0.3 is 18.8 Å². The van der Waals surface area contributed by atoms with Gasteiger partial charge in [0.15, 0.2) is 10.9 Å². The molecule has 2 saturated heterocycles. The van der Waals surface area contributed by atoms with Crippen LogP contribution in [0.4, 0.5) is 0 Å². The SMILES string of the molecule is B[C@@H]1O[C@@]2(COC)C[S+]([O-])[C@@H]1[C@@H]2OC. The summed E-state index contributed by atoms with van der Waals surface area (Å²) in [6.45, 7) is 0.456. The van der Waals surface area contributed by atoms with Gasteiger partial charge in [0.25, 0.3) is 0 Å². The highest BCUT2D eigenvalue weighted by Gasteiger charge is 2.67. The summed E-state index contributed by atoms with van der Waals surface area (Å²) in [5.74, 6) is 0.536. The van der Waals surface area contributed by atoms with Crippen LogP contribution in [0.1, 0.15) is 0 Å². The molecule has 2 heterocycles. The van der Waals surface area contributed by atoms with E-state index in [1.54, 1.807) is 14.2 Å². The van der Waals surface area contributed by atoms with E-state index < -0.39 is 16.8 Å². The maximum Gasteiger partial charge on any atom is 0.166 e. The Hall–Kier alpha value is 0.255. The summed E-state index contributed by atoms with van der Waals surface area (Å²) in [5, 5.41) is 0.00940. The smallest absolute Gasteiger partial charge is 0.166 e. The van der Waals surface area contributed by atoms with Crippen LogP contribution in [-0.2, 0) is 25.4 Å². The number of methoxy groups -OCH3 is 2. The summed E-state index contributed by atoms with van der Waals surface area (Å²) in [6.07, 6.45) is -0.0849. The number of rotatable bonds is 3. The molecule has 5 atom stereocenters. The molecular formula is C8H15BO4S. The second-order valence-electron chi connectivity index (χ2n) is 3.97. The Bertz CT molecular complexity index is 215. The van der Waals surface area contributed by atoms with E-state index in [0.29, 0.717) is 12.4 Å². The Morgan fingerprint density at radius 2 is 2.36 bits per heavy atom. The molecule has 0 aromatic carbocycles. The zero-order chi connectivity index (χ0) is 10.3. The first-order valence-electron chi connectivity index (χ1n) is 4.71. The average molecular weight is 218 g/mol. The molecule has 0 saturated carbocycles. The fraction of sp³-hybridized carbons (Fsp3) is 1.00. The third kappa shape index (κ3) is 1.32. The zero-order valence-corrected chi connectivity index (χ0v) is 9.50. The molecule has 2 bridgehead atoms. The molecule has 0 aliphatic carbocycles. The third-order valence-electron chi connectivity index (χ3n) is 3.03. The lowest BCUT2D eigenvalue weighted by atomic mass is 9.93. The summed E-state index contributed by atoms with van der Waals surface area (Å²) < 4.78 is 28.1. The first-order chi connectivity index (χ1) is 6.64. The molecule has 4 nitrogen and oxygen atoms in total. The number of ether oxygens (including phenoxy) is 3. The molecule has 2 aliphatic rings. The highest BCUT2D eigenvalue weighted by atomic mass is 32.2. The van der Waals surface area contributed by atoms with Gasteiger partial charge in [-0.2, -0.15) is 0 Å². The molecule has 1 unspecified atom stereocenters. The summed E-state index contributed by atoms with van der Waals surface area (Å²) in [5.41, 5.74) is -0.474. The molecule has 2 fully saturated rings. The lowest BCUT2D eigenvalue weighted by Gasteiger charge is -2.29.